The zero-order valence-electron chi connectivity index (χ0n) is 11.7. The van der Waals surface area contributed by atoms with Crippen LogP contribution in [0.4, 0.5) is 0 Å². The summed E-state index contributed by atoms with van der Waals surface area (Å²) in [4.78, 5) is 14.5. The van der Waals surface area contributed by atoms with Crippen LogP contribution in [0.3, 0.4) is 0 Å². The Morgan fingerprint density at radius 3 is 2.47 bits per heavy atom. The summed E-state index contributed by atoms with van der Waals surface area (Å²) in [5.74, 6) is 0.933. The zero-order valence-corrected chi connectivity index (χ0v) is 11.7. The van der Waals surface area contributed by atoms with E-state index < -0.39 is 0 Å². The SMILES string of the molecule is CCCN(C(=O)c1ccc(OCC)cc1)C1CNC1. The number of ether oxygens (including phenoxy) is 1. The van der Waals surface area contributed by atoms with E-state index in [0.29, 0.717) is 12.6 Å². The first kappa shape index (κ1) is 13.9. The highest BCUT2D eigenvalue weighted by atomic mass is 16.5. The molecule has 0 radical (unpaired) electrons. The van der Waals surface area contributed by atoms with Gasteiger partial charge in [0.25, 0.3) is 5.91 Å². The minimum atomic E-state index is 0.122. The van der Waals surface area contributed by atoms with Crippen molar-refractivity contribution >= 4 is 5.91 Å². The van der Waals surface area contributed by atoms with Gasteiger partial charge in [-0.15, -0.1) is 0 Å². The third-order valence-corrected chi connectivity index (χ3v) is 3.34. The van der Waals surface area contributed by atoms with Crippen molar-refractivity contribution in [2.75, 3.05) is 26.2 Å². The quantitative estimate of drug-likeness (QED) is 0.851. The van der Waals surface area contributed by atoms with Crippen LogP contribution in [0.1, 0.15) is 30.6 Å². The maximum Gasteiger partial charge on any atom is 0.254 e. The molecule has 0 atom stereocenters. The van der Waals surface area contributed by atoms with Crippen LogP contribution in [0.2, 0.25) is 0 Å². The van der Waals surface area contributed by atoms with Crippen LogP contribution in [0.25, 0.3) is 0 Å². The van der Waals surface area contributed by atoms with Crippen molar-refractivity contribution in [3.63, 3.8) is 0 Å². The Kier molecular flexibility index (Phi) is 4.80. The number of carbonyl (C=O) groups excluding carboxylic acids is 1. The standard InChI is InChI=1S/C15H22N2O2/c1-3-9-17(13-10-16-11-13)15(18)12-5-7-14(8-6-12)19-4-2/h5-8,13,16H,3-4,9-11H2,1-2H3. The monoisotopic (exact) mass is 262 g/mol. The molecule has 2 rings (SSSR count). The molecule has 19 heavy (non-hydrogen) atoms. The largest absolute Gasteiger partial charge is 0.494 e. The van der Waals surface area contributed by atoms with Crippen molar-refractivity contribution in [2.45, 2.75) is 26.3 Å². The molecule has 0 aliphatic carbocycles. The topological polar surface area (TPSA) is 41.6 Å². The first-order chi connectivity index (χ1) is 9.26. The first-order valence-electron chi connectivity index (χ1n) is 7.00. The van der Waals surface area contributed by atoms with Crippen molar-refractivity contribution in [1.29, 1.82) is 0 Å². The second-order valence-corrected chi connectivity index (χ2v) is 4.77. The summed E-state index contributed by atoms with van der Waals surface area (Å²) in [5, 5.41) is 3.22. The smallest absolute Gasteiger partial charge is 0.254 e. The average Bonchev–Trinajstić information content (AvgIpc) is 2.37. The Labute approximate surface area is 114 Å². The summed E-state index contributed by atoms with van der Waals surface area (Å²) in [6.07, 6.45) is 0.985. The fourth-order valence-corrected chi connectivity index (χ4v) is 2.21. The van der Waals surface area contributed by atoms with Gasteiger partial charge in [0.15, 0.2) is 0 Å². The van der Waals surface area contributed by atoms with Crippen molar-refractivity contribution in [2.24, 2.45) is 0 Å². The number of hydrogen-bond donors (Lipinski definition) is 1. The van der Waals surface area contributed by atoms with Gasteiger partial charge in [0.05, 0.1) is 12.6 Å². The molecular weight excluding hydrogens is 240 g/mol. The predicted octanol–water partition coefficient (Wildman–Crippen LogP) is 1.91. The van der Waals surface area contributed by atoms with Gasteiger partial charge >= 0.3 is 0 Å². The predicted molar refractivity (Wildman–Crippen MR) is 75.6 cm³/mol. The van der Waals surface area contributed by atoms with Gasteiger partial charge in [-0.3, -0.25) is 4.79 Å². The molecule has 4 heteroatoms. The number of amides is 1. The Morgan fingerprint density at radius 1 is 1.32 bits per heavy atom. The molecule has 1 heterocycles. The minimum absolute atomic E-state index is 0.122. The van der Waals surface area contributed by atoms with Crippen LogP contribution in [-0.2, 0) is 0 Å². The summed E-state index contributed by atoms with van der Waals surface area (Å²) in [7, 11) is 0. The molecule has 1 saturated heterocycles. The van der Waals surface area contributed by atoms with Crippen LogP contribution in [0.15, 0.2) is 24.3 Å². The first-order valence-corrected chi connectivity index (χ1v) is 7.00. The van der Waals surface area contributed by atoms with E-state index in [1.807, 2.05) is 36.1 Å². The molecule has 1 aromatic rings. The van der Waals surface area contributed by atoms with Crippen LogP contribution < -0.4 is 10.1 Å². The normalized spacial score (nSPS) is 14.8. The van der Waals surface area contributed by atoms with E-state index in [0.717, 1.165) is 37.4 Å². The Balaban J connectivity index is 2.07. The summed E-state index contributed by atoms with van der Waals surface area (Å²) >= 11 is 0. The van der Waals surface area contributed by atoms with Gasteiger partial charge in [0.1, 0.15) is 5.75 Å². The fourth-order valence-electron chi connectivity index (χ4n) is 2.21. The van der Waals surface area contributed by atoms with Gasteiger partial charge in [-0.05, 0) is 37.6 Å². The second kappa shape index (κ2) is 6.57. The highest BCUT2D eigenvalue weighted by Crippen LogP contribution is 2.16. The van der Waals surface area contributed by atoms with Crippen LogP contribution in [-0.4, -0.2) is 43.1 Å². The van der Waals surface area contributed by atoms with E-state index in [1.54, 1.807) is 0 Å². The van der Waals surface area contributed by atoms with Crippen LogP contribution in [0, 0.1) is 0 Å². The summed E-state index contributed by atoms with van der Waals surface area (Å²) < 4.78 is 5.39. The number of carbonyl (C=O) groups is 1. The van der Waals surface area contributed by atoms with Gasteiger partial charge < -0.3 is 15.0 Å². The van der Waals surface area contributed by atoms with Gasteiger partial charge in [-0.1, -0.05) is 6.92 Å². The lowest BCUT2D eigenvalue weighted by atomic mass is 10.1. The maximum absolute atomic E-state index is 12.5. The van der Waals surface area contributed by atoms with E-state index in [-0.39, 0.29) is 5.91 Å². The molecule has 4 nitrogen and oxygen atoms in total. The molecule has 1 amide bonds. The van der Waals surface area contributed by atoms with Crippen LogP contribution >= 0.6 is 0 Å². The Hall–Kier alpha value is -1.55. The molecular formula is C15H22N2O2. The second-order valence-electron chi connectivity index (χ2n) is 4.77. The minimum Gasteiger partial charge on any atom is -0.494 e. The van der Waals surface area contributed by atoms with Gasteiger partial charge in [-0.25, -0.2) is 0 Å². The highest BCUT2D eigenvalue weighted by molar-refractivity contribution is 5.94. The van der Waals surface area contributed by atoms with E-state index in [9.17, 15) is 4.79 Å². The van der Waals surface area contributed by atoms with Gasteiger partial charge in [0.2, 0.25) is 0 Å². The average molecular weight is 262 g/mol. The molecule has 0 bridgehead atoms. The number of nitrogens with zero attached hydrogens (tertiary/aromatic N) is 1. The molecule has 1 aromatic carbocycles. The van der Waals surface area contributed by atoms with Gasteiger partial charge in [-0.2, -0.15) is 0 Å². The van der Waals surface area contributed by atoms with Crippen molar-refractivity contribution in [3.05, 3.63) is 29.8 Å². The lowest BCUT2D eigenvalue weighted by Crippen LogP contribution is -2.59. The van der Waals surface area contributed by atoms with E-state index in [4.69, 9.17) is 4.74 Å². The lowest BCUT2D eigenvalue weighted by Gasteiger charge is -2.38. The molecule has 0 spiro atoms. The van der Waals surface area contributed by atoms with Gasteiger partial charge in [0, 0.05) is 25.2 Å². The van der Waals surface area contributed by atoms with Crippen molar-refractivity contribution in [3.8, 4) is 5.75 Å². The third-order valence-electron chi connectivity index (χ3n) is 3.34. The number of benzene rings is 1. The number of nitrogens with one attached hydrogen (secondary N) is 1. The molecule has 1 N–H and O–H groups in total. The Bertz CT molecular complexity index is 413. The molecule has 0 saturated carbocycles. The molecule has 104 valence electrons. The maximum atomic E-state index is 12.5. The number of hydrogen-bond acceptors (Lipinski definition) is 3. The number of rotatable bonds is 6. The van der Waals surface area contributed by atoms with E-state index in [2.05, 4.69) is 12.2 Å². The molecule has 1 aliphatic rings. The molecule has 1 fully saturated rings. The Morgan fingerprint density at radius 2 is 2.00 bits per heavy atom. The molecule has 1 aliphatic heterocycles. The molecule has 0 unspecified atom stereocenters. The summed E-state index contributed by atoms with van der Waals surface area (Å²) in [6.45, 7) is 7.32. The zero-order chi connectivity index (χ0) is 13.7. The van der Waals surface area contributed by atoms with Crippen molar-refractivity contribution in [1.82, 2.24) is 10.2 Å². The summed E-state index contributed by atoms with van der Waals surface area (Å²) in [5.41, 5.74) is 0.740. The van der Waals surface area contributed by atoms with E-state index >= 15 is 0 Å². The van der Waals surface area contributed by atoms with Crippen molar-refractivity contribution < 1.29 is 9.53 Å². The third kappa shape index (κ3) is 3.26. The van der Waals surface area contributed by atoms with E-state index in [1.165, 1.54) is 0 Å². The fraction of sp³-hybridized carbons (Fsp3) is 0.533. The molecule has 0 aromatic heterocycles. The van der Waals surface area contributed by atoms with Crippen LogP contribution in [0.5, 0.6) is 5.75 Å². The lowest BCUT2D eigenvalue weighted by molar-refractivity contribution is 0.0616. The summed E-state index contributed by atoms with van der Waals surface area (Å²) in [6, 6.07) is 7.77. The highest BCUT2D eigenvalue weighted by Gasteiger charge is 2.28.